The predicted molar refractivity (Wildman–Crippen MR) is 230 cm³/mol. The predicted octanol–water partition coefficient (Wildman–Crippen LogP) is 13.5. The zero-order valence-corrected chi connectivity index (χ0v) is 30.7. The van der Waals surface area contributed by atoms with Gasteiger partial charge in [0.15, 0.2) is 0 Å². The number of thiophene rings is 1. The van der Waals surface area contributed by atoms with Crippen molar-refractivity contribution < 1.29 is 4.42 Å². The highest BCUT2D eigenvalue weighted by molar-refractivity contribution is 7.25. The van der Waals surface area contributed by atoms with Crippen LogP contribution in [0.4, 0.5) is 0 Å². The molecule has 0 N–H and O–H groups in total. The smallest absolute Gasteiger partial charge is 0.246 e. The summed E-state index contributed by atoms with van der Waals surface area (Å²) in [6.45, 7) is 0. The summed E-state index contributed by atoms with van der Waals surface area (Å²) in [6, 6.07) is 62.7. The van der Waals surface area contributed by atoms with Crippen molar-refractivity contribution >= 4 is 54.0 Å². The maximum atomic E-state index is 6.32. The Morgan fingerprint density at radius 2 is 0.786 bits per heavy atom. The van der Waals surface area contributed by atoms with Crippen LogP contribution in [0.15, 0.2) is 186 Å². The lowest BCUT2D eigenvalue weighted by molar-refractivity contribution is 0.653. The molecule has 4 heterocycles. The minimum Gasteiger partial charge on any atom is -0.436 e. The van der Waals surface area contributed by atoms with E-state index in [0.717, 1.165) is 99.5 Å². The molecule has 0 saturated heterocycles. The van der Waals surface area contributed by atoms with E-state index in [-0.39, 0.29) is 0 Å². The fraction of sp³-hybridized carbons (Fsp3) is 0. The normalized spacial score (nSPS) is 11.6. The second-order valence-corrected chi connectivity index (χ2v) is 14.7. The average molecular weight is 735 g/mol. The summed E-state index contributed by atoms with van der Waals surface area (Å²) in [6.07, 6.45) is 0. The molecule has 5 nitrogen and oxygen atoms in total. The molecular formula is C50H30N4OS. The molecule has 0 amide bonds. The molecule has 0 fully saturated rings. The largest absolute Gasteiger partial charge is 0.436 e. The summed E-state index contributed by atoms with van der Waals surface area (Å²) in [7, 11) is 0. The van der Waals surface area contributed by atoms with Gasteiger partial charge in [-0.1, -0.05) is 164 Å². The second-order valence-electron chi connectivity index (χ2n) is 13.7. The Kier molecular flexibility index (Phi) is 7.60. The van der Waals surface area contributed by atoms with E-state index in [9.17, 15) is 0 Å². The van der Waals surface area contributed by atoms with Gasteiger partial charge in [-0.15, -0.1) is 11.3 Å². The van der Waals surface area contributed by atoms with Crippen LogP contribution in [0, 0.1) is 0 Å². The van der Waals surface area contributed by atoms with E-state index in [2.05, 4.69) is 133 Å². The molecule has 0 atom stereocenters. The highest BCUT2D eigenvalue weighted by Gasteiger charge is 2.23. The topological polar surface area (TPSA) is 64.7 Å². The van der Waals surface area contributed by atoms with E-state index in [1.807, 2.05) is 48.5 Å². The first-order valence-corrected chi connectivity index (χ1v) is 19.4. The Hall–Kier alpha value is -7.28. The van der Waals surface area contributed by atoms with Crippen LogP contribution in [0.5, 0.6) is 0 Å². The Balaban J connectivity index is 1.14. The van der Waals surface area contributed by atoms with Gasteiger partial charge in [0.2, 0.25) is 5.71 Å². The first-order valence-electron chi connectivity index (χ1n) is 18.6. The van der Waals surface area contributed by atoms with Gasteiger partial charge >= 0.3 is 0 Å². The first-order chi connectivity index (χ1) is 27.8. The number of hydrogen-bond acceptors (Lipinski definition) is 6. The number of rotatable bonds is 6. The SMILES string of the molecule is c1ccc(-c2nc3c(nc2-c2ccccc2-c2ccccc2-c2ccccc2-c2nc4sc5ccccc5c4nc2-c2ccccc2)oc2ccccc23)cc1. The minimum absolute atomic E-state index is 0.512. The number of fused-ring (bicyclic) bond motifs is 6. The second kappa shape index (κ2) is 13.2. The van der Waals surface area contributed by atoms with Gasteiger partial charge < -0.3 is 4.42 Å². The third-order valence-corrected chi connectivity index (χ3v) is 11.4. The number of benzene rings is 7. The quantitative estimate of drug-likeness (QED) is 0.170. The average Bonchev–Trinajstić information content (AvgIpc) is 3.83. The van der Waals surface area contributed by atoms with Crippen molar-refractivity contribution in [2.75, 3.05) is 0 Å². The highest BCUT2D eigenvalue weighted by atomic mass is 32.1. The molecule has 0 spiro atoms. The van der Waals surface area contributed by atoms with Crippen LogP contribution in [0.1, 0.15) is 0 Å². The molecule has 0 aliphatic carbocycles. The van der Waals surface area contributed by atoms with Crippen molar-refractivity contribution in [3.05, 3.63) is 182 Å². The van der Waals surface area contributed by atoms with Gasteiger partial charge in [-0.2, -0.15) is 0 Å². The molecule has 262 valence electrons. The fourth-order valence-corrected chi connectivity index (χ4v) is 8.83. The van der Waals surface area contributed by atoms with Gasteiger partial charge in [0.1, 0.15) is 27.1 Å². The Morgan fingerprint density at radius 3 is 1.39 bits per heavy atom. The number of furan rings is 1. The zero-order valence-electron chi connectivity index (χ0n) is 29.9. The molecule has 56 heavy (non-hydrogen) atoms. The molecule has 0 aliphatic rings. The molecular weight excluding hydrogens is 705 g/mol. The van der Waals surface area contributed by atoms with E-state index < -0.39 is 0 Å². The molecule has 0 radical (unpaired) electrons. The lowest BCUT2D eigenvalue weighted by Gasteiger charge is -2.18. The van der Waals surface area contributed by atoms with Gasteiger partial charge in [-0.25, -0.2) is 19.9 Å². The van der Waals surface area contributed by atoms with E-state index in [4.69, 9.17) is 24.4 Å². The molecule has 6 heteroatoms. The van der Waals surface area contributed by atoms with Crippen LogP contribution in [-0.2, 0) is 0 Å². The first kappa shape index (κ1) is 32.2. The zero-order chi connectivity index (χ0) is 37.0. The van der Waals surface area contributed by atoms with Gasteiger partial charge in [0, 0.05) is 37.7 Å². The summed E-state index contributed by atoms with van der Waals surface area (Å²) in [5.41, 5.74) is 14.4. The van der Waals surface area contributed by atoms with Crippen molar-refractivity contribution in [2.45, 2.75) is 0 Å². The third-order valence-electron chi connectivity index (χ3n) is 10.4. The van der Waals surface area contributed by atoms with Gasteiger partial charge in [0.25, 0.3) is 0 Å². The molecule has 11 aromatic rings. The van der Waals surface area contributed by atoms with Crippen molar-refractivity contribution in [1.29, 1.82) is 0 Å². The van der Waals surface area contributed by atoms with E-state index in [0.29, 0.717) is 5.71 Å². The summed E-state index contributed by atoms with van der Waals surface area (Å²) >= 11 is 1.68. The van der Waals surface area contributed by atoms with Crippen LogP contribution in [0.25, 0.3) is 110 Å². The molecule has 0 unspecified atom stereocenters. The highest BCUT2D eigenvalue weighted by Crippen LogP contribution is 2.45. The van der Waals surface area contributed by atoms with Crippen LogP contribution >= 0.6 is 11.3 Å². The standard InChI is InChI=1S/C50H30N4OS/c1-3-17-31(18-4-1)43-45(53-49-47(51-43)39-27-13-15-29-41(39)55-49)37-25-11-9-23-35(37)33-21-7-8-22-34(33)36-24-10-12-26-38(36)46-44(32-19-5-2-6-20-32)52-48-40-28-14-16-30-42(40)56-50(48)54-46/h1-30H. The number of aromatic nitrogens is 4. The Bertz CT molecular complexity index is 3040. The van der Waals surface area contributed by atoms with Gasteiger partial charge in [0.05, 0.1) is 17.1 Å². The molecule has 0 bridgehead atoms. The van der Waals surface area contributed by atoms with Crippen molar-refractivity contribution in [2.24, 2.45) is 0 Å². The molecule has 11 rings (SSSR count). The van der Waals surface area contributed by atoms with E-state index >= 15 is 0 Å². The number of para-hydroxylation sites is 1. The monoisotopic (exact) mass is 734 g/mol. The van der Waals surface area contributed by atoms with Gasteiger partial charge in [-0.3, -0.25) is 0 Å². The van der Waals surface area contributed by atoms with Crippen LogP contribution in [-0.4, -0.2) is 19.9 Å². The summed E-state index contributed by atoms with van der Waals surface area (Å²) in [4.78, 5) is 22.3. The molecule has 4 aromatic heterocycles. The Morgan fingerprint density at radius 1 is 0.339 bits per heavy atom. The summed E-state index contributed by atoms with van der Waals surface area (Å²) in [5, 5.41) is 2.07. The van der Waals surface area contributed by atoms with Crippen molar-refractivity contribution in [3.63, 3.8) is 0 Å². The maximum Gasteiger partial charge on any atom is 0.246 e. The van der Waals surface area contributed by atoms with Crippen LogP contribution < -0.4 is 0 Å². The van der Waals surface area contributed by atoms with Crippen molar-refractivity contribution in [3.8, 4) is 67.3 Å². The number of hydrogen-bond donors (Lipinski definition) is 0. The fourth-order valence-electron chi connectivity index (χ4n) is 7.82. The minimum atomic E-state index is 0.512. The molecule has 0 saturated carbocycles. The van der Waals surface area contributed by atoms with E-state index in [1.54, 1.807) is 11.3 Å². The lowest BCUT2D eigenvalue weighted by Crippen LogP contribution is -1.98. The molecule has 0 aliphatic heterocycles. The van der Waals surface area contributed by atoms with Gasteiger partial charge in [-0.05, 0) is 40.5 Å². The maximum absolute atomic E-state index is 6.32. The summed E-state index contributed by atoms with van der Waals surface area (Å²) in [5.74, 6) is 0. The lowest BCUT2D eigenvalue weighted by atomic mass is 9.87. The van der Waals surface area contributed by atoms with Crippen LogP contribution in [0.2, 0.25) is 0 Å². The molecule has 7 aromatic carbocycles. The Labute approximate surface area is 326 Å². The van der Waals surface area contributed by atoms with Crippen molar-refractivity contribution in [1.82, 2.24) is 19.9 Å². The summed E-state index contributed by atoms with van der Waals surface area (Å²) < 4.78 is 7.49. The van der Waals surface area contributed by atoms with Crippen LogP contribution in [0.3, 0.4) is 0 Å². The van der Waals surface area contributed by atoms with E-state index in [1.165, 1.54) is 4.70 Å². The third kappa shape index (κ3) is 5.30. The number of nitrogens with zero attached hydrogens (tertiary/aromatic N) is 4.